The van der Waals surface area contributed by atoms with Crippen LogP contribution < -0.4 is 5.32 Å². The Morgan fingerprint density at radius 3 is 2.14 bits per heavy atom. The number of nitrogens with one attached hydrogen (secondary N) is 1. The van der Waals surface area contributed by atoms with Gasteiger partial charge in [0, 0.05) is 38.3 Å². The maximum Gasteiger partial charge on any atom is 0.317 e. The van der Waals surface area contributed by atoms with E-state index >= 15 is 0 Å². The van der Waals surface area contributed by atoms with Gasteiger partial charge in [0.15, 0.2) is 0 Å². The van der Waals surface area contributed by atoms with Crippen LogP contribution in [0.1, 0.15) is 32.1 Å². The second kappa shape index (κ2) is 7.62. The van der Waals surface area contributed by atoms with Crippen molar-refractivity contribution in [1.29, 1.82) is 0 Å². The number of hydrogen-bond acceptors (Lipinski definition) is 4. The van der Waals surface area contributed by atoms with Crippen molar-refractivity contribution in [3.8, 4) is 0 Å². The zero-order chi connectivity index (χ0) is 15.3. The van der Waals surface area contributed by atoms with E-state index in [1.807, 2.05) is 4.90 Å². The number of carbonyl (C=O) groups is 1. The molecule has 3 rings (SSSR count). The maximum absolute atomic E-state index is 12.4. The number of rotatable bonds is 3. The van der Waals surface area contributed by atoms with Crippen LogP contribution in [-0.2, 0) is 9.47 Å². The van der Waals surface area contributed by atoms with E-state index in [0.717, 1.165) is 32.8 Å². The van der Waals surface area contributed by atoms with Gasteiger partial charge in [-0.1, -0.05) is 19.3 Å². The van der Waals surface area contributed by atoms with Gasteiger partial charge in [-0.05, 0) is 12.8 Å². The van der Waals surface area contributed by atoms with Gasteiger partial charge >= 0.3 is 6.03 Å². The summed E-state index contributed by atoms with van der Waals surface area (Å²) in [5, 5.41) is 3.21. The monoisotopic (exact) mass is 311 g/mol. The number of morpholine rings is 2. The van der Waals surface area contributed by atoms with E-state index in [0.29, 0.717) is 26.3 Å². The Kier molecular flexibility index (Phi) is 5.55. The molecule has 2 saturated heterocycles. The molecule has 1 N–H and O–H groups in total. The highest BCUT2D eigenvalue weighted by molar-refractivity contribution is 5.74. The Hall–Kier alpha value is -0.850. The molecule has 0 bridgehead atoms. The van der Waals surface area contributed by atoms with Crippen molar-refractivity contribution in [3.05, 3.63) is 0 Å². The summed E-state index contributed by atoms with van der Waals surface area (Å²) >= 11 is 0. The molecule has 3 aliphatic rings. The minimum atomic E-state index is 0.0708. The Morgan fingerprint density at radius 2 is 1.50 bits per heavy atom. The molecule has 1 saturated carbocycles. The van der Waals surface area contributed by atoms with E-state index in [1.165, 1.54) is 32.1 Å². The van der Waals surface area contributed by atoms with Crippen LogP contribution in [0.15, 0.2) is 0 Å². The van der Waals surface area contributed by atoms with Crippen LogP contribution in [0.2, 0.25) is 0 Å². The van der Waals surface area contributed by atoms with Crippen molar-refractivity contribution < 1.29 is 14.3 Å². The molecule has 3 fully saturated rings. The summed E-state index contributed by atoms with van der Waals surface area (Å²) in [7, 11) is 0. The van der Waals surface area contributed by atoms with Gasteiger partial charge < -0.3 is 19.7 Å². The highest BCUT2D eigenvalue weighted by Crippen LogP contribution is 2.33. The third kappa shape index (κ3) is 3.73. The number of urea groups is 1. The van der Waals surface area contributed by atoms with Gasteiger partial charge in [0.1, 0.15) is 0 Å². The highest BCUT2D eigenvalue weighted by atomic mass is 16.5. The Bertz CT molecular complexity index is 360. The number of hydrogen-bond donors (Lipinski definition) is 1. The lowest BCUT2D eigenvalue weighted by Gasteiger charge is -2.48. The number of ether oxygens (including phenoxy) is 2. The molecule has 0 atom stereocenters. The molecule has 0 aromatic heterocycles. The van der Waals surface area contributed by atoms with Crippen molar-refractivity contribution in [2.45, 2.75) is 37.6 Å². The van der Waals surface area contributed by atoms with E-state index < -0.39 is 0 Å². The predicted molar refractivity (Wildman–Crippen MR) is 84.0 cm³/mol. The van der Waals surface area contributed by atoms with E-state index in [2.05, 4.69) is 10.2 Å². The molecule has 0 aromatic carbocycles. The van der Waals surface area contributed by atoms with Gasteiger partial charge in [-0.2, -0.15) is 0 Å². The molecule has 2 amide bonds. The summed E-state index contributed by atoms with van der Waals surface area (Å²) in [6.45, 7) is 7.11. The molecule has 0 spiro atoms. The van der Waals surface area contributed by atoms with Crippen molar-refractivity contribution in [3.63, 3.8) is 0 Å². The standard InChI is InChI=1S/C16H29N3O3/c20-15(18-6-10-21-11-7-18)17-14-16(4-2-1-3-5-16)19-8-12-22-13-9-19/h1-14H2,(H,17,20). The fourth-order valence-corrected chi connectivity index (χ4v) is 3.97. The van der Waals surface area contributed by atoms with Crippen LogP contribution in [0.25, 0.3) is 0 Å². The quantitative estimate of drug-likeness (QED) is 0.847. The lowest BCUT2D eigenvalue weighted by Crippen LogP contribution is -2.61. The molecule has 0 radical (unpaired) electrons. The molecular weight excluding hydrogens is 282 g/mol. The first-order chi connectivity index (χ1) is 10.8. The smallest absolute Gasteiger partial charge is 0.317 e. The summed E-state index contributed by atoms with van der Waals surface area (Å²) in [5.41, 5.74) is 0.143. The topological polar surface area (TPSA) is 54.0 Å². The van der Waals surface area contributed by atoms with Crippen LogP contribution >= 0.6 is 0 Å². The summed E-state index contributed by atoms with van der Waals surface area (Å²) in [5.74, 6) is 0. The predicted octanol–water partition coefficient (Wildman–Crippen LogP) is 1.06. The number of nitrogens with zero attached hydrogens (tertiary/aromatic N) is 2. The fourth-order valence-electron chi connectivity index (χ4n) is 3.97. The molecule has 0 aromatic rings. The van der Waals surface area contributed by atoms with Crippen LogP contribution in [-0.4, -0.2) is 80.5 Å². The first-order valence-electron chi connectivity index (χ1n) is 8.74. The molecular formula is C16H29N3O3. The van der Waals surface area contributed by atoms with Gasteiger partial charge in [-0.25, -0.2) is 4.79 Å². The average Bonchev–Trinajstić information content (AvgIpc) is 2.62. The Labute approximate surface area is 133 Å². The van der Waals surface area contributed by atoms with Gasteiger partial charge in [-0.3, -0.25) is 4.90 Å². The highest BCUT2D eigenvalue weighted by Gasteiger charge is 2.39. The first kappa shape index (κ1) is 16.0. The van der Waals surface area contributed by atoms with Gasteiger partial charge in [0.25, 0.3) is 0 Å². The minimum Gasteiger partial charge on any atom is -0.379 e. The van der Waals surface area contributed by atoms with Gasteiger partial charge in [0.2, 0.25) is 0 Å². The summed E-state index contributed by atoms with van der Waals surface area (Å²) in [6.07, 6.45) is 6.24. The SMILES string of the molecule is O=C(NCC1(N2CCOCC2)CCCCC1)N1CCOCC1. The normalized spacial score (nSPS) is 26.6. The number of amides is 2. The maximum atomic E-state index is 12.4. The molecule has 22 heavy (non-hydrogen) atoms. The van der Waals surface area contributed by atoms with Crippen molar-refractivity contribution >= 4 is 6.03 Å². The average molecular weight is 311 g/mol. The van der Waals surface area contributed by atoms with Gasteiger partial charge in [0.05, 0.1) is 26.4 Å². The fraction of sp³-hybridized carbons (Fsp3) is 0.938. The van der Waals surface area contributed by atoms with E-state index in [1.54, 1.807) is 0 Å². The first-order valence-corrected chi connectivity index (χ1v) is 8.74. The molecule has 126 valence electrons. The largest absolute Gasteiger partial charge is 0.379 e. The molecule has 1 aliphatic carbocycles. The lowest BCUT2D eigenvalue weighted by molar-refractivity contribution is -0.0363. The van der Waals surface area contributed by atoms with E-state index in [9.17, 15) is 4.79 Å². The van der Waals surface area contributed by atoms with Crippen molar-refractivity contribution in [2.24, 2.45) is 0 Å². The molecule has 2 aliphatic heterocycles. The Balaban J connectivity index is 1.58. The summed E-state index contributed by atoms with van der Waals surface area (Å²) < 4.78 is 10.8. The Morgan fingerprint density at radius 1 is 0.909 bits per heavy atom. The van der Waals surface area contributed by atoms with Crippen LogP contribution in [0, 0.1) is 0 Å². The molecule has 6 nitrogen and oxygen atoms in total. The van der Waals surface area contributed by atoms with Crippen LogP contribution in [0.4, 0.5) is 4.79 Å². The molecule has 2 heterocycles. The van der Waals surface area contributed by atoms with E-state index in [4.69, 9.17) is 9.47 Å². The lowest BCUT2D eigenvalue weighted by atomic mass is 9.80. The zero-order valence-electron chi connectivity index (χ0n) is 13.5. The summed E-state index contributed by atoms with van der Waals surface area (Å²) in [6, 6.07) is 0.0708. The van der Waals surface area contributed by atoms with Crippen molar-refractivity contribution in [1.82, 2.24) is 15.1 Å². The second-order valence-electron chi connectivity index (χ2n) is 6.64. The number of carbonyl (C=O) groups excluding carboxylic acids is 1. The third-order valence-electron chi connectivity index (χ3n) is 5.33. The van der Waals surface area contributed by atoms with Crippen LogP contribution in [0.3, 0.4) is 0 Å². The van der Waals surface area contributed by atoms with Crippen molar-refractivity contribution in [2.75, 3.05) is 59.2 Å². The molecule has 0 unspecified atom stereocenters. The van der Waals surface area contributed by atoms with Crippen LogP contribution in [0.5, 0.6) is 0 Å². The molecule has 6 heteroatoms. The summed E-state index contributed by atoms with van der Waals surface area (Å²) in [4.78, 5) is 16.8. The third-order valence-corrected chi connectivity index (χ3v) is 5.33. The zero-order valence-corrected chi connectivity index (χ0v) is 13.5. The van der Waals surface area contributed by atoms with E-state index in [-0.39, 0.29) is 11.6 Å². The van der Waals surface area contributed by atoms with Gasteiger partial charge in [-0.15, -0.1) is 0 Å². The minimum absolute atomic E-state index is 0.0708. The second-order valence-corrected chi connectivity index (χ2v) is 6.64.